The van der Waals surface area contributed by atoms with Gasteiger partial charge in [0, 0.05) is 22.5 Å². The van der Waals surface area contributed by atoms with E-state index in [2.05, 4.69) is 19.7 Å². The second-order valence-corrected chi connectivity index (χ2v) is 14.2. The van der Waals surface area contributed by atoms with Gasteiger partial charge in [-0.2, -0.15) is 0 Å². The van der Waals surface area contributed by atoms with E-state index in [0.717, 1.165) is 12.1 Å². The maximum atomic E-state index is 13.9. The van der Waals surface area contributed by atoms with Crippen LogP contribution in [-0.4, -0.2) is 38.2 Å². The van der Waals surface area contributed by atoms with Crippen LogP contribution in [0.2, 0.25) is 0 Å². The minimum Gasteiger partial charge on any atom is -1.00 e. The first-order valence-corrected chi connectivity index (χ1v) is 17.6. The summed E-state index contributed by atoms with van der Waals surface area (Å²) in [6.45, 7) is -0.285. The van der Waals surface area contributed by atoms with Crippen molar-refractivity contribution in [3.05, 3.63) is 149 Å². The highest BCUT2D eigenvalue weighted by Gasteiger charge is 2.22. The van der Waals surface area contributed by atoms with Gasteiger partial charge in [-0.25, -0.2) is 39.4 Å². The Balaban J connectivity index is 0.00000523. The molecule has 11 nitrogen and oxygen atoms in total. The van der Waals surface area contributed by atoms with Crippen LogP contribution in [0.25, 0.3) is 11.0 Å². The van der Waals surface area contributed by atoms with E-state index in [9.17, 15) is 44.0 Å². The molecule has 6 aromatic rings. The van der Waals surface area contributed by atoms with Crippen LogP contribution in [0.3, 0.4) is 0 Å². The number of hydrogen-bond donors (Lipinski definition) is 3. The molecule has 0 bridgehead atoms. The van der Waals surface area contributed by atoms with Gasteiger partial charge in [0.05, 0.1) is 27.4 Å². The third-order valence-corrected chi connectivity index (χ3v) is 10.1. The molecule has 0 saturated heterocycles. The maximum absolute atomic E-state index is 13.9. The molecular weight excluding hydrogens is 750 g/mol. The van der Waals surface area contributed by atoms with Crippen molar-refractivity contribution in [2.75, 3.05) is 9.44 Å². The first-order chi connectivity index (χ1) is 24.2. The fourth-order valence-corrected chi connectivity index (χ4v) is 7.09. The van der Waals surface area contributed by atoms with Crippen molar-refractivity contribution in [2.45, 2.75) is 16.3 Å². The summed E-state index contributed by atoms with van der Waals surface area (Å²) in [7, 11) is -8.71. The number of amides is 1. The first kappa shape index (κ1) is 37.5. The summed E-state index contributed by atoms with van der Waals surface area (Å²) in [5, 5.41) is 2.64. The average Bonchev–Trinajstić information content (AvgIpc) is 3.47. The van der Waals surface area contributed by atoms with E-state index in [-0.39, 0.29) is 47.3 Å². The number of fused-ring (bicyclic) bond motifs is 1. The predicted octanol–water partition coefficient (Wildman–Crippen LogP) is 2.82. The lowest BCUT2D eigenvalue weighted by Crippen LogP contribution is -3.00. The van der Waals surface area contributed by atoms with Crippen LogP contribution in [-0.2, 0) is 26.6 Å². The molecule has 0 fully saturated rings. The largest absolute Gasteiger partial charge is 1.00 e. The average molecular weight is 773 g/mol. The quantitative estimate of drug-likeness (QED) is 0.181. The summed E-state index contributed by atoms with van der Waals surface area (Å²) in [5.41, 5.74) is 0.694. The highest BCUT2D eigenvalue weighted by Crippen LogP contribution is 2.23. The second-order valence-electron chi connectivity index (χ2n) is 10.9. The molecular formula is C34H23ClF4N5O6S2-. The Morgan fingerprint density at radius 2 is 1.13 bits per heavy atom. The standard InChI is InChI=1S/C34H23F4N5O6S2.ClH/c35-26-13-11-24(17-28(26)37)50(46,47)41-22-7-3-5-20(15-22)33(44)39-19-32-40-30-9-1-2-10-31(30)43(32)34(45)21-6-4-8-23(16-21)42-51(48,49)25-12-14-27(36)29(38)18-25;/h1-18,41-42H,19H2,(H,39,44);1H/p-1. The zero-order chi connectivity index (χ0) is 36.5. The molecule has 0 spiro atoms. The van der Waals surface area contributed by atoms with Crippen LogP contribution in [0.15, 0.2) is 119 Å². The molecule has 18 heteroatoms. The smallest absolute Gasteiger partial charge is 0.263 e. The highest BCUT2D eigenvalue weighted by molar-refractivity contribution is 7.93. The maximum Gasteiger partial charge on any atom is 0.263 e. The van der Waals surface area contributed by atoms with E-state index in [1.165, 1.54) is 53.1 Å². The molecule has 1 aromatic heterocycles. The number of nitrogens with zero attached hydrogens (tertiary/aromatic N) is 2. The van der Waals surface area contributed by atoms with Gasteiger partial charge in [0.25, 0.3) is 31.9 Å². The predicted molar refractivity (Wildman–Crippen MR) is 178 cm³/mol. The fraction of sp³-hybridized carbons (Fsp3) is 0.0294. The van der Waals surface area contributed by atoms with Gasteiger partial charge in [-0.3, -0.25) is 23.6 Å². The molecule has 6 rings (SSSR count). The fourth-order valence-electron chi connectivity index (χ4n) is 4.97. The molecule has 0 aliphatic heterocycles. The molecule has 0 atom stereocenters. The van der Waals surface area contributed by atoms with Gasteiger partial charge in [0.1, 0.15) is 5.82 Å². The van der Waals surface area contributed by atoms with E-state index >= 15 is 0 Å². The number of halogens is 5. The van der Waals surface area contributed by atoms with Gasteiger partial charge in [0.2, 0.25) is 0 Å². The second kappa shape index (κ2) is 14.8. The number of aromatic nitrogens is 2. The van der Waals surface area contributed by atoms with Gasteiger partial charge in [0.15, 0.2) is 23.3 Å². The third kappa shape index (κ3) is 7.91. The Kier molecular flexibility index (Phi) is 10.7. The lowest BCUT2D eigenvalue weighted by Gasteiger charge is -2.12. The van der Waals surface area contributed by atoms with Crippen molar-refractivity contribution in [2.24, 2.45) is 0 Å². The number of benzene rings is 5. The Labute approximate surface area is 299 Å². The van der Waals surface area contributed by atoms with Crippen LogP contribution < -0.4 is 27.2 Å². The van der Waals surface area contributed by atoms with E-state index in [1.807, 2.05) is 0 Å². The van der Waals surface area contributed by atoms with Crippen molar-refractivity contribution in [3.63, 3.8) is 0 Å². The van der Waals surface area contributed by atoms with Crippen LogP contribution in [0.4, 0.5) is 28.9 Å². The number of sulfonamides is 2. The van der Waals surface area contributed by atoms with E-state index in [4.69, 9.17) is 0 Å². The molecule has 0 unspecified atom stereocenters. The Morgan fingerprint density at radius 3 is 1.69 bits per heavy atom. The Bertz CT molecular complexity index is 2590. The number of imidazole rings is 1. The van der Waals surface area contributed by atoms with Gasteiger partial charge >= 0.3 is 0 Å². The molecule has 0 saturated carbocycles. The first-order valence-electron chi connectivity index (χ1n) is 14.7. The van der Waals surface area contributed by atoms with Crippen molar-refractivity contribution in [1.82, 2.24) is 14.9 Å². The number of rotatable bonds is 10. The van der Waals surface area contributed by atoms with Crippen molar-refractivity contribution >= 4 is 54.3 Å². The van der Waals surface area contributed by atoms with Crippen molar-refractivity contribution in [1.29, 1.82) is 0 Å². The van der Waals surface area contributed by atoms with Gasteiger partial charge in [-0.05, 0) is 84.9 Å². The number of para-hydroxylation sites is 2. The summed E-state index contributed by atoms with van der Waals surface area (Å²) in [6, 6.07) is 21.5. The number of carbonyl (C=O) groups excluding carboxylic acids is 2. The van der Waals surface area contributed by atoms with Crippen LogP contribution in [0, 0.1) is 23.3 Å². The molecule has 1 amide bonds. The Hall–Kier alpha value is -5.78. The summed E-state index contributed by atoms with van der Waals surface area (Å²) >= 11 is 0. The number of anilines is 2. The summed E-state index contributed by atoms with van der Waals surface area (Å²) < 4.78 is 111. The molecule has 0 aliphatic carbocycles. The zero-order valence-electron chi connectivity index (χ0n) is 26.1. The number of carbonyl (C=O) groups is 2. The molecule has 5 aromatic carbocycles. The minimum absolute atomic E-state index is 0. The van der Waals surface area contributed by atoms with Crippen molar-refractivity contribution in [3.8, 4) is 0 Å². The monoisotopic (exact) mass is 772 g/mol. The van der Waals surface area contributed by atoms with E-state index < -0.39 is 64.9 Å². The van der Waals surface area contributed by atoms with E-state index in [1.54, 1.807) is 24.3 Å². The molecule has 3 N–H and O–H groups in total. The van der Waals surface area contributed by atoms with Gasteiger partial charge < -0.3 is 17.7 Å². The molecule has 268 valence electrons. The van der Waals surface area contributed by atoms with Gasteiger partial charge in [-0.1, -0.05) is 24.3 Å². The molecule has 52 heavy (non-hydrogen) atoms. The third-order valence-electron chi connectivity index (χ3n) is 7.38. The number of nitrogens with one attached hydrogen (secondary N) is 3. The van der Waals surface area contributed by atoms with Crippen LogP contribution >= 0.6 is 0 Å². The lowest BCUT2D eigenvalue weighted by atomic mass is 10.2. The SMILES string of the molecule is O=C(NCc1nc2ccccc2n1C(=O)c1cccc(NS(=O)(=O)c2ccc(F)c(F)c2)c1)c1cccc(NS(=O)(=O)c2ccc(F)c(F)c2)c1.[Cl-]. The molecule has 0 radical (unpaired) electrons. The van der Waals surface area contributed by atoms with Crippen molar-refractivity contribution < 1.29 is 56.4 Å². The zero-order valence-corrected chi connectivity index (χ0v) is 28.5. The Morgan fingerprint density at radius 1 is 0.615 bits per heavy atom. The van der Waals surface area contributed by atoms with Crippen LogP contribution in [0.1, 0.15) is 26.5 Å². The van der Waals surface area contributed by atoms with Crippen LogP contribution in [0.5, 0.6) is 0 Å². The number of hydrogen-bond acceptors (Lipinski definition) is 7. The molecule has 0 aliphatic rings. The normalized spacial score (nSPS) is 11.5. The highest BCUT2D eigenvalue weighted by atomic mass is 35.5. The van der Waals surface area contributed by atoms with E-state index in [0.29, 0.717) is 35.3 Å². The summed E-state index contributed by atoms with van der Waals surface area (Å²) in [5.74, 6) is -6.38. The lowest BCUT2D eigenvalue weighted by molar-refractivity contribution is -0.0000327. The summed E-state index contributed by atoms with van der Waals surface area (Å²) in [4.78, 5) is 30.5. The van der Waals surface area contributed by atoms with Gasteiger partial charge in [-0.15, -0.1) is 0 Å². The summed E-state index contributed by atoms with van der Waals surface area (Å²) in [6.07, 6.45) is 0. The topological polar surface area (TPSA) is 156 Å². The molecule has 1 heterocycles. The minimum atomic E-state index is -4.37.